The minimum absolute atomic E-state index is 0.0361. The Morgan fingerprint density at radius 3 is 2.54 bits per heavy atom. The smallest absolute Gasteiger partial charge is 0.280 e. The Kier molecular flexibility index (Phi) is 5.96. The molecular weight excluding hydrogens is 484 g/mol. The maximum absolute atomic E-state index is 13.1. The molecule has 1 saturated heterocycles. The molecule has 0 atom stereocenters. The Balaban J connectivity index is 1.44. The highest BCUT2D eigenvalue weighted by molar-refractivity contribution is 7.92. The van der Waals surface area contributed by atoms with Crippen LogP contribution in [0.1, 0.15) is 12.0 Å². The summed E-state index contributed by atoms with van der Waals surface area (Å²) in [5.41, 5.74) is 3.41. The lowest BCUT2D eigenvalue weighted by atomic mass is 10.00. The number of hydrogen-bond acceptors (Lipinski definition) is 5. The second-order valence-electron chi connectivity index (χ2n) is 8.33. The Labute approximate surface area is 204 Å². The molecule has 1 aliphatic heterocycles. The fourth-order valence-electron chi connectivity index (χ4n) is 4.17. The van der Waals surface area contributed by atoms with Gasteiger partial charge >= 0.3 is 10.2 Å². The van der Waals surface area contributed by atoms with Crippen LogP contribution >= 0.6 is 0 Å². The number of benzene rings is 3. The van der Waals surface area contributed by atoms with Gasteiger partial charge in [0.05, 0.1) is 16.3 Å². The number of nitrogens with one attached hydrogen (secondary N) is 2. The molecule has 10 heteroatoms. The van der Waals surface area contributed by atoms with E-state index >= 15 is 0 Å². The number of sulfonamides is 1. The SMILES string of the molecule is Cc1ccc(NS(=O)(=O)c2ccc(N3CCCNS3(=O)=O)cc2)cc1-c1nccc2ccccc12. The molecular formula is C25H24N4O4S2. The summed E-state index contributed by atoms with van der Waals surface area (Å²) in [7, 11) is -7.51. The molecule has 0 saturated carbocycles. The van der Waals surface area contributed by atoms with Crippen molar-refractivity contribution < 1.29 is 16.8 Å². The number of rotatable bonds is 5. The van der Waals surface area contributed by atoms with E-state index in [9.17, 15) is 16.8 Å². The molecule has 0 bridgehead atoms. The van der Waals surface area contributed by atoms with Crippen LogP contribution in [0.15, 0.2) is 83.9 Å². The van der Waals surface area contributed by atoms with E-state index in [-0.39, 0.29) is 4.90 Å². The van der Waals surface area contributed by atoms with E-state index in [1.54, 1.807) is 18.3 Å². The van der Waals surface area contributed by atoms with Gasteiger partial charge in [-0.05, 0) is 66.8 Å². The average molecular weight is 509 g/mol. The second kappa shape index (κ2) is 8.95. The molecule has 0 unspecified atom stereocenters. The topological polar surface area (TPSA) is 108 Å². The lowest BCUT2D eigenvalue weighted by molar-refractivity contribution is 0.560. The van der Waals surface area contributed by atoms with Crippen LogP contribution in [0.4, 0.5) is 11.4 Å². The van der Waals surface area contributed by atoms with Crippen LogP contribution < -0.4 is 13.7 Å². The Hall–Kier alpha value is -3.47. The van der Waals surface area contributed by atoms with Crippen LogP contribution in [0.2, 0.25) is 0 Å². The third-order valence-electron chi connectivity index (χ3n) is 5.97. The third-order valence-corrected chi connectivity index (χ3v) is 8.91. The zero-order valence-corrected chi connectivity index (χ0v) is 20.6. The number of anilines is 2. The number of hydrogen-bond donors (Lipinski definition) is 2. The van der Waals surface area contributed by atoms with Gasteiger partial charge in [-0.2, -0.15) is 13.1 Å². The van der Waals surface area contributed by atoms with Crippen LogP contribution in [-0.4, -0.2) is 34.9 Å². The van der Waals surface area contributed by atoms with Crippen molar-refractivity contribution in [1.82, 2.24) is 9.71 Å². The molecule has 0 spiro atoms. The Bertz CT molecular complexity index is 1610. The minimum atomic E-state index is -3.90. The number of nitrogens with zero attached hydrogens (tertiary/aromatic N) is 2. The van der Waals surface area contributed by atoms with Crippen molar-refractivity contribution >= 4 is 42.4 Å². The number of aromatic nitrogens is 1. The fourth-order valence-corrected chi connectivity index (χ4v) is 6.55. The summed E-state index contributed by atoms with van der Waals surface area (Å²) < 4.78 is 57.0. The number of pyridine rings is 1. The van der Waals surface area contributed by atoms with E-state index < -0.39 is 20.2 Å². The molecule has 0 amide bonds. The maximum atomic E-state index is 13.1. The fraction of sp³-hybridized carbons (Fsp3) is 0.160. The Morgan fingerprint density at radius 1 is 1.00 bits per heavy atom. The molecule has 0 radical (unpaired) electrons. The van der Waals surface area contributed by atoms with Crippen molar-refractivity contribution in [2.75, 3.05) is 22.1 Å². The summed E-state index contributed by atoms with van der Waals surface area (Å²) in [6.45, 7) is 2.69. The van der Waals surface area contributed by atoms with Crippen molar-refractivity contribution in [1.29, 1.82) is 0 Å². The van der Waals surface area contributed by atoms with E-state index in [0.29, 0.717) is 30.9 Å². The van der Waals surface area contributed by atoms with Gasteiger partial charge in [0.1, 0.15) is 0 Å². The van der Waals surface area contributed by atoms with E-state index in [1.807, 2.05) is 43.3 Å². The van der Waals surface area contributed by atoms with Gasteiger partial charge in [0.25, 0.3) is 10.0 Å². The van der Waals surface area contributed by atoms with E-state index in [1.165, 1.54) is 28.6 Å². The van der Waals surface area contributed by atoms with Crippen LogP contribution in [-0.2, 0) is 20.2 Å². The van der Waals surface area contributed by atoms with Gasteiger partial charge in [-0.3, -0.25) is 14.0 Å². The van der Waals surface area contributed by atoms with Crippen molar-refractivity contribution in [3.8, 4) is 11.3 Å². The van der Waals surface area contributed by atoms with Gasteiger partial charge in [0, 0.05) is 35.9 Å². The molecule has 5 rings (SSSR count). The highest BCUT2D eigenvalue weighted by atomic mass is 32.2. The highest BCUT2D eigenvalue weighted by Gasteiger charge is 2.26. The monoisotopic (exact) mass is 508 g/mol. The number of fused-ring (bicyclic) bond motifs is 1. The van der Waals surface area contributed by atoms with E-state index in [0.717, 1.165) is 27.6 Å². The minimum Gasteiger partial charge on any atom is -0.280 e. The lowest BCUT2D eigenvalue weighted by Gasteiger charge is -2.28. The molecule has 35 heavy (non-hydrogen) atoms. The molecule has 1 aromatic heterocycles. The lowest BCUT2D eigenvalue weighted by Crippen LogP contribution is -2.47. The first-order valence-corrected chi connectivity index (χ1v) is 14.0. The summed E-state index contributed by atoms with van der Waals surface area (Å²) in [5.74, 6) is 0. The van der Waals surface area contributed by atoms with Crippen LogP contribution in [0.3, 0.4) is 0 Å². The zero-order valence-electron chi connectivity index (χ0n) is 19.0. The first kappa shape index (κ1) is 23.3. The summed E-state index contributed by atoms with van der Waals surface area (Å²) in [5, 5.41) is 2.03. The molecule has 2 heterocycles. The normalized spacial score (nSPS) is 15.7. The molecule has 0 aliphatic carbocycles. The predicted octanol–water partition coefficient (Wildman–Crippen LogP) is 4.06. The van der Waals surface area contributed by atoms with Gasteiger partial charge in [-0.1, -0.05) is 30.3 Å². The van der Waals surface area contributed by atoms with Crippen LogP contribution in [0.25, 0.3) is 22.0 Å². The summed E-state index contributed by atoms with van der Waals surface area (Å²) in [6, 6.07) is 21.0. The summed E-state index contributed by atoms with van der Waals surface area (Å²) in [6.07, 6.45) is 2.41. The molecule has 4 aromatic rings. The van der Waals surface area contributed by atoms with Gasteiger partial charge in [-0.15, -0.1) is 0 Å². The number of aryl methyl sites for hydroxylation is 1. The van der Waals surface area contributed by atoms with Gasteiger partial charge in [0.15, 0.2) is 0 Å². The molecule has 3 aromatic carbocycles. The first-order valence-electron chi connectivity index (χ1n) is 11.1. The molecule has 180 valence electrons. The van der Waals surface area contributed by atoms with Crippen LogP contribution in [0.5, 0.6) is 0 Å². The average Bonchev–Trinajstić information content (AvgIpc) is 2.85. The quantitative estimate of drug-likeness (QED) is 0.423. The maximum Gasteiger partial charge on any atom is 0.301 e. The van der Waals surface area contributed by atoms with Crippen molar-refractivity contribution in [2.45, 2.75) is 18.2 Å². The summed E-state index contributed by atoms with van der Waals surface area (Å²) >= 11 is 0. The predicted molar refractivity (Wildman–Crippen MR) is 138 cm³/mol. The molecule has 1 aliphatic rings. The van der Waals surface area contributed by atoms with Crippen molar-refractivity contribution in [3.05, 3.63) is 84.6 Å². The summed E-state index contributed by atoms with van der Waals surface area (Å²) in [4.78, 5) is 4.60. The molecule has 2 N–H and O–H groups in total. The molecule has 1 fully saturated rings. The van der Waals surface area contributed by atoms with Crippen molar-refractivity contribution in [3.63, 3.8) is 0 Å². The van der Waals surface area contributed by atoms with Gasteiger partial charge in [-0.25, -0.2) is 8.42 Å². The zero-order chi connectivity index (χ0) is 24.6. The highest BCUT2D eigenvalue weighted by Crippen LogP contribution is 2.32. The third kappa shape index (κ3) is 4.60. The standard InChI is InChI=1S/C25H24N4O4S2/c1-18-7-8-20(17-24(18)25-23-6-3-2-5-19(23)13-15-26-25)28-34(30,31)22-11-9-21(10-12-22)29-16-4-14-27-35(29,32)33/h2-3,5-13,15,17,27-28H,4,14,16H2,1H3. The Morgan fingerprint density at radius 2 is 1.77 bits per heavy atom. The second-order valence-corrected chi connectivity index (χ2v) is 11.7. The van der Waals surface area contributed by atoms with E-state index in [2.05, 4.69) is 14.4 Å². The van der Waals surface area contributed by atoms with Crippen molar-refractivity contribution in [2.24, 2.45) is 0 Å². The van der Waals surface area contributed by atoms with E-state index in [4.69, 9.17) is 0 Å². The van der Waals surface area contributed by atoms with Crippen LogP contribution in [0, 0.1) is 6.92 Å². The largest absolute Gasteiger partial charge is 0.301 e. The first-order chi connectivity index (χ1) is 16.7. The van der Waals surface area contributed by atoms with Gasteiger partial charge < -0.3 is 0 Å². The van der Waals surface area contributed by atoms with Gasteiger partial charge in [0.2, 0.25) is 0 Å². The molecule has 8 nitrogen and oxygen atoms in total.